The molecule has 0 atom stereocenters. The highest BCUT2D eigenvalue weighted by Gasteiger charge is 2.31. The van der Waals surface area contributed by atoms with Crippen LogP contribution in [0.4, 0.5) is 19.0 Å². The number of methoxy groups -OCH3 is 1. The van der Waals surface area contributed by atoms with Crippen molar-refractivity contribution in [3.63, 3.8) is 0 Å². The quantitative estimate of drug-likeness (QED) is 0.751. The normalized spacial score (nSPS) is 16.1. The van der Waals surface area contributed by atoms with Gasteiger partial charge in [-0.3, -0.25) is 4.79 Å². The van der Waals surface area contributed by atoms with Crippen LogP contribution in [-0.4, -0.2) is 57.0 Å². The Bertz CT molecular complexity index is 544. The summed E-state index contributed by atoms with van der Waals surface area (Å²) in [6.07, 6.45) is -2.13. The third-order valence-electron chi connectivity index (χ3n) is 3.92. The molecule has 0 unspecified atom stereocenters. The van der Waals surface area contributed by atoms with Crippen molar-refractivity contribution in [1.82, 2.24) is 10.3 Å². The molecule has 1 aromatic heterocycles. The smallest absolute Gasteiger partial charge is 0.382 e. The Kier molecular flexibility index (Phi) is 7.01. The second-order valence-corrected chi connectivity index (χ2v) is 5.78. The SMILES string of the molecule is COCCOCC(=O)NC1CCN(c2ccc(C(F)(F)F)cn2)CC1. The first-order valence-electron chi connectivity index (χ1n) is 8.04. The number of hydrogen-bond acceptors (Lipinski definition) is 5. The first-order chi connectivity index (χ1) is 11.9. The number of amides is 1. The zero-order valence-electron chi connectivity index (χ0n) is 14.0. The molecule has 2 rings (SSSR count). The number of rotatable bonds is 7. The fourth-order valence-electron chi connectivity index (χ4n) is 2.57. The van der Waals surface area contributed by atoms with Gasteiger partial charge in [0.25, 0.3) is 0 Å². The van der Waals surface area contributed by atoms with Crippen LogP contribution in [0.1, 0.15) is 18.4 Å². The van der Waals surface area contributed by atoms with E-state index >= 15 is 0 Å². The number of pyridine rings is 1. The predicted octanol–water partition coefficient (Wildman–Crippen LogP) is 1.85. The predicted molar refractivity (Wildman–Crippen MR) is 85.3 cm³/mol. The van der Waals surface area contributed by atoms with Gasteiger partial charge in [0.15, 0.2) is 0 Å². The van der Waals surface area contributed by atoms with Gasteiger partial charge in [-0.2, -0.15) is 13.2 Å². The van der Waals surface area contributed by atoms with Gasteiger partial charge >= 0.3 is 6.18 Å². The Morgan fingerprint density at radius 3 is 2.60 bits per heavy atom. The number of carbonyl (C=O) groups excluding carboxylic acids is 1. The van der Waals surface area contributed by atoms with Crippen LogP contribution in [0.3, 0.4) is 0 Å². The number of alkyl halides is 3. The highest BCUT2D eigenvalue weighted by atomic mass is 19.4. The first-order valence-corrected chi connectivity index (χ1v) is 8.04. The van der Waals surface area contributed by atoms with E-state index in [-0.39, 0.29) is 18.6 Å². The van der Waals surface area contributed by atoms with Gasteiger partial charge in [0.2, 0.25) is 5.91 Å². The van der Waals surface area contributed by atoms with Crippen molar-refractivity contribution in [3.05, 3.63) is 23.9 Å². The van der Waals surface area contributed by atoms with Gasteiger partial charge in [0, 0.05) is 32.4 Å². The molecule has 0 radical (unpaired) electrons. The van der Waals surface area contributed by atoms with E-state index in [1.165, 1.54) is 6.07 Å². The number of aromatic nitrogens is 1. The minimum absolute atomic E-state index is 0.00989. The summed E-state index contributed by atoms with van der Waals surface area (Å²) >= 11 is 0. The van der Waals surface area contributed by atoms with Crippen molar-refractivity contribution < 1.29 is 27.4 Å². The van der Waals surface area contributed by atoms with E-state index in [0.717, 1.165) is 12.3 Å². The maximum Gasteiger partial charge on any atom is 0.417 e. The number of halogens is 3. The van der Waals surface area contributed by atoms with Gasteiger partial charge in [0.05, 0.1) is 18.8 Å². The lowest BCUT2D eigenvalue weighted by atomic mass is 10.0. The van der Waals surface area contributed by atoms with E-state index < -0.39 is 11.7 Å². The molecule has 2 heterocycles. The maximum atomic E-state index is 12.6. The maximum absolute atomic E-state index is 12.6. The summed E-state index contributed by atoms with van der Waals surface area (Å²) in [6, 6.07) is 2.45. The van der Waals surface area contributed by atoms with Crippen molar-refractivity contribution >= 4 is 11.7 Å². The molecule has 140 valence electrons. The molecule has 9 heteroatoms. The topological polar surface area (TPSA) is 63.7 Å². The highest BCUT2D eigenvalue weighted by molar-refractivity contribution is 5.77. The average molecular weight is 361 g/mol. The molecule has 0 spiro atoms. The number of nitrogens with one attached hydrogen (secondary N) is 1. The van der Waals surface area contributed by atoms with Crippen molar-refractivity contribution in [2.75, 3.05) is 44.9 Å². The molecule has 1 aliphatic heterocycles. The standard InChI is InChI=1S/C16H22F3N3O3/c1-24-8-9-25-11-15(23)21-13-4-6-22(7-5-13)14-3-2-12(10-20-14)16(17,18)19/h2-3,10,13H,4-9,11H2,1H3,(H,21,23). The van der Waals surface area contributed by atoms with Crippen molar-refractivity contribution in [3.8, 4) is 0 Å². The zero-order chi connectivity index (χ0) is 18.3. The minimum atomic E-state index is -4.38. The van der Waals surface area contributed by atoms with Crippen LogP contribution >= 0.6 is 0 Å². The Balaban J connectivity index is 1.75. The fourth-order valence-corrected chi connectivity index (χ4v) is 2.57. The third kappa shape index (κ3) is 6.17. The number of nitrogens with zero attached hydrogens (tertiary/aromatic N) is 2. The summed E-state index contributed by atoms with van der Waals surface area (Å²) in [5.41, 5.74) is -0.758. The Morgan fingerprint density at radius 1 is 1.32 bits per heavy atom. The molecule has 1 saturated heterocycles. The van der Waals surface area contributed by atoms with Crippen LogP contribution in [0.25, 0.3) is 0 Å². The van der Waals surface area contributed by atoms with Crippen LogP contribution in [0, 0.1) is 0 Å². The highest BCUT2D eigenvalue weighted by Crippen LogP contribution is 2.29. The molecular formula is C16H22F3N3O3. The molecule has 6 nitrogen and oxygen atoms in total. The lowest BCUT2D eigenvalue weighted by molar-refractivity contribution is -0.137. The molecule has 0 aliphatic carbocycles. The third-order valence-corrected chi connectivity index (χ3v) is 3.92. The Morgan fingerprint density at radius 2 is 2.04 bits per heavy atom. The summed E-state index contributed by atoms with van der Waals surface area (Å²) in [6.45, 7) is 2.03. The Hall–Kier alpha value is -1.87. The lowest BCUT2D eigenvalue weighted by Crippen LogP contribution is -2.46. The molecule has 1 N–H and O–H groups in total. The monoisotopic (exact) mass is 361 g/mol. The summed E-state index contributed by atoms with van der Waals surface area (Å²) in [5.74, 6) is 0.336. The van der Waals surface area contributed by atoms with Crippen molar-refractivity contribution in [2.45, 2.75) is 25.1 Å². The number of piperidine rings is 1. The molecule has 0 aromatic carbocycles. The van der Waals surface area contributed by atoms with Crippen LogP contribution in [0.5, 0.6) is 0 Å². The second-order valence-electron chi connectivity index (χ2n) is 5.78. The van der Waals surface area contributed by atoms with E-state index in [1.807, 2.05) is 4.90 Å². The zero-order valence-corrected chi connectivity index (χ0v) is 14.0. The first kappa shape index (κ1) is 19.5. The number of ether oxygens (including phenoxy) is 2. The number of anilines is 1. The molecule has 0 saturated carbocycles. The number of carbonyl (C=O) groups is 1. The van der Waals surface area contributed by atoms with Gasteiger partial charge in [-0.25, -0.2) is 4.98 Å². The minimum Gasteiger partial charge on any atom is -0.382 e. The van der Waals surface area contributed by atoms with Gasteiger partial charge in [-0.15, -0.1) is 0 Å². The van der Waals surface area contributed by atoms with Crippen LogP contribution in [0.15, 0.2) is 18.3 Å². The average Bonchev–Trinajstić information content (AvgIpc) is 2.59. The number of hydrogen-bond donors (Lipinski definition) is 1. The summed E-state index contributed by atoms with van der Waals surface area (Å²) in [7, 11) is 1.56. The Labute approximate surface area is 144 Å². The molecule has 1 aromatic rings. The van der Waals surface area contributed by atoms with Crippen LogP contribution in [-0.2, 0) is 20.4 Å². The lowest BCUT2D eigenvalue weighted by Gasteiger charge is -2.33. The van der Waals surface area contributed by atoms with E-state index in [1.54, 1.807) is 7.11 Å². The van der Waals surface area contributed by atoms with Gasteiger partial charge in [0.1, 0.15) is 12.4 Å². The van der Waals surface area contributed by atoms with Crippen molar-refractivity contribution in [2.24, 2.45) is 0 Å². The summed E-state index contributed by atoms with van der Waals surface area (Å²) in [5, 5.41) is 2.90. The molecule has 1 aliphatic rings. The van der Waals surface area contributed by atoms with Crippen LogP contribution in [0.2, 0.25) is 0 Å². The second kappa shape index (κ2) is 9.00. The summed E-state index contributed by atoms with van der Waals surface area (Å²) in [4.78, 5) is 17.6. The van der Waals surface area contributed by atoms with E-state index in [9.17, 15) is 18.0 Å². The summed E-state index contributed by atoms with van der Waals surface area (Å²) < 4.78 is 47.6. The molecule has 25 heavy (non-hydrogen) atoms. The molecule has 1 fully saturated rings. The van der Waals surface area contributed by atoms with Gasteiger partial charge < -0.3 is 19.7 Å². The van der Waals surface area contributed by atoms with E-state index in [2.05, 4.69) is 10.3 Å². The fraction of sp³-hybridized carbons (Fsp3) is 0.625. The van der Waals surface area contributed by atoms with Crippen molar-refractivity contribution in [1.29, 1.82) is 0 Å². The molecular weight excluding hydrogens is 339 g/mol. The largest absolute Gasteiger partial charge is 0.417 e. The van der Waals surface area contributed by atoms with Gasteiger partial charge in [-0.05, 0) is 25.0 Å². The van der Waals surface area contributed by atoms with Crippen LogP contribution < -0.4 is 10.2 Å². The van der Waals surface area contributed by atoms with E-state index in [0.29, 0.717) is 45.0 Å². The molecule has 1 amide bonds. The molecule has 0 bridgehead atoms. The van der Waals surface area contributed by atoms with E-state index in [4.69, 9.17) is 9.47 Å². The van der Waals surface area contributed by atoms with Gasteiger partial charge in [-0.1, -0.05) is 0 Å².